The van der Waals surface area contributed by atoms with Gasteiger partial charge in [-0.25, -0.2) is 9.67 Å². The SMILES string of the molecule is CCCn1ncc2ccc(C3CCCN(CC(=O)N4CCCc5ccccc54)C3)nc21. The Bertz CT molecular complexity index is 1070. The summed E-state index contributed by atoms with van der Waals surface area (Å²) in [6.07, 6.45) is 7.28. The molecule has 1 fully saturated rings. The summed E-state index contributed by atoms with van der Waals surface area (Å²) < 4.78 is 2.01. The minimum atomic E-state index is 0.220. The summed E-state index contributed by atoms with van der Waals surface area (Å²) in [5, 5.41) is 5.59. The number of carbonyl (C=O) groups excluding carboxylic acids is 1. The second-order valence-electron chi connectivity index (χ2n) is 8.87. The number of benzene rings is 1. The highest BCUT2D eigenvalue weighted by Gasteiger charge is 2.28. The lowest BCUT2D eigenvalue weighted by atomic mass is 9.94. The predicted molar refractivity (Wildman–Crippen MR) is 123 cm³/mol. The zero-order valence-corrected chi connectivity index (χ0v) is 18.3. The summed E-state index contributed by atoms with van der Waals surface area (Å²) in [6.45, 7) is 6.24. The summed E-state index contributed by atoms with van der Waals surface area (Å²) in [5.41, 5.74) is 4.51. The number of aromatic nitrogens is 3. The number of hydrogen-bond acceptors (Lipinski definition) is 4. The number of anilines is 1. The monoisotopic (exact) mass is 417 g/mol. The fourth-order valence-corrected chi connectivity index (χ4v) is 5.08. The Morgan fingerprint density at radius 1 is 1.13 bits per heavy atom. The number of carbonyl (C=O) groups is 1. The summed E-state index contributed by atoms with van der Waals surface area (Å²) in [4.78, 5) is 22.5. The standard InChI is InChI=1S/C25H31N5O/c1-2-13-30-25-20(16-26-30)11-12-22(27-25)21-9-5-14-28(17-21)18-24(31)29-15-6-8-19-7-3-4-10-23(19)29/h3-4,7,10-12,16,21H,2,5-6,8-9,13-15,17-18H2,1H3. The van der Waals surface area contributed by atoms with E-state index in [0.29, 0.717) is 12.5 Å². The Balaban J connectivity index is 1.29. The molecule has 2 aliphatic heterocycles. The van der Waals surface area contributed by atoms with Crippen LogP contribution in [0.4, 0.5) is 5.69 Å². The van der Waals surface area contributed by atoms with E-state index in [9.17, 15) is 4.79 Å². The van der Waals surface area contributed by atoms with Gasteiger partial charge in [0.25, 0.3) is 0 Å². The highest BCUT2D eigenvalue weighted by Crippen LogP contribution is 2.29. The van der Waals surface area contributed by atoms with Crippen LogP contribution in [-0.2, 0) is 17.8 Å². The number of fused-ring (bicyclic) bond motifs is 2. The van der Waals surface area contributed by atoms with Crippen LogP contribution in [0.25, 0.3) is 11.0 Å². The largest absolute Gasteiger partial charge is 0.311 e. The normalized spacial score (nSPS) is 19.5. The quantitative estimate of drug-likeness (QED) is 0.630. The van der Waals surface area contributed by atoms with Crippen LogP contribution in [0.3, 0.4) is 0 Å². The average molecular weight is 418 g/mol. The molecule has 0 bridgehead atoms. The van der Waals surface area contributed by atoms with Gasteiger partial charge >= 0.3 is 0 Å². The van der Waals surface area contributed by atoms with Gasteiger partial charge < -0.3 is 4.90 Å². The second kappa shape index (κ2) is 8.79. The third kappa shape index (κ3) is 4.09. The smallest absolute Gasteiger partial charge is 0.241 e. The average Bonchev–Trinajstić information content (AvgIpc) is 3.21. The Morgan fingerprint density at radius 3 is 2.94 bits per heavy atom. The van der Waals surface area contributed by atoms with Crippen LogP contribution in [0.15, 0.2) is 42.6 Å². The fourth-order valence-electron chi connectivity index (χ4n) is 5.08. The van der Waals surface area contributed by atoms with Crippen molar-refractivity contribution in [2.45, 2.75) is 51.5 Å². The lowest BCUT2D eigenvalue weighted by molar-refractivity contribution is -0.120. The maximum Gasteiger partial charge on any atom is 0.241 e. The Labute approximate surface area is 183 Å². The molecule has 31 heavy (non-hydrogen) atoms. The van der Waals surface area contributed by atoms with Crippen LogP contribution in [0.2, 0.25) is 0 Å². The van der Waals surface area contributed by atoms with Gasteiger partial charge in [0, 0.05) is 42.3 Å². The van der Waals surface area contributed by atoms with Crippen molar-refractivity contribution in [1.82, 2.24) is 19.7 Å². The molecule has 1 aromatic carbocycles. The highest BCUT2D eigenvalue weighted by atomic mass is 16.2. The molecule has 0 saturated carbocycles. The Hall–Kier alpha value is -2.73. The molecule has 6 nitrogen and oxygen atoms in total. The van der Waals surface area contributed by atoms with E-state index in [1.807, 2.05) is 21.8 Å². The van der Waals surface area contributed by atoms with Crippen molar-refractivity contribution in [2.75, 3.05) is 31.1 Å². The Morgan fingerprint density at radius 2 is 2.03 bits per heavy atom. The van der Waals surface area contributed by atoms with Gasteiger partial charge in [-0.2, -0.15) is 5.10 Å². The third-order valence-electron chi connectivity index (χ3n) is 6.64. The van der Waals surface area contributed by atoms with E-state index >= 15 is 0 Å². The van der Waals surface area contributed by atoms with Crippen LogP contribution >= 0.6 is 0 Å². The predicted octanol–water partition coefficient (Wildman–Crippen LogP) is 4.00. The molecule has 0 N–H and O–H groups in total. The summed E-state index contributed by atoms with van der Waals surface area (Å²) in [5.74, 6) is 0.585. The number of hydrogen-bond donors (Lipinski definition) is 0. The van der Waals surface area contributed by atoms with Crippen molar-refractivity contribution in [1.29, 1.82) is 0 Å². The molecule has 6 heteroatoms. The van der Waals surface area contributed by atoms with Crippen molar-refractivity contribution >= 4 is 22.6 Å². The molecule has 5 rings (SSSR count). The first-order chi connectivity index (χ1) is 15.2. The van der Waals surface area contributed by atoms with E-state index in [1.165, 1.54) is 5.56 Å². The lowest BCUT2D eigenvalue weighted by Crippen LogP contribution is -2.45. The highest BCUT2D eigenvalue weighted by molar-refractivity contribution is 5.96. The molecule has 4 heterocycles. The second-order valence-corrected chi connectivity index (χ2v) is 8.87. The van der Waals surface area contributed by atoms with Gasteiger partial charge in [0.1, 0.15) is 0 Å². The molecule has 1 amide bonds. The van der Waals surface area contributed by atoms with E-state index in [-0.39, 0.29) is 5.91 Å². The number of pyridine rings is 1. The van der Waals surface area contributed by atoms with E-state index in [1.54, 1.807) is 0 Å². The minimum absolute atomic E-state index is 0.220. The number of aryl methyl sites for hydroxylation is 2. The first-order valence-corrected chi connectivity index (χ1v) is 11.7. The van der Waals surface area contributed by atoms with Crippen LogP contribution in [-0.4, -0.2) is 51.8 Å². The summed E-state index contributed by atoms with van der Waals surface area (Å²) in [7, 11) is 0. The summed E-state index contributed by atoms with van der Waals surface area (Å²) in [6, 6.07) is 12.6. The van der Waals surface area contributed by atoms with Crippen LogP contribution in [0.1, 0.15) is 49.8 Å². The van der Waals surface area contributed by atoms with Gasteiger partial charge in [0.2, 0.25) is 5.91 Å². The number of rotatable bonds is 5. The van der Waals surface area contributed by atoms with Crippen molar-refractivity contribution in [3.05, 3.63) is 53.9 Å². The molecule has 1 saturated heterocycles. The minimum Gasteiger partial charge on any atom is -0.311 e. The topological polar surface area (TPSA) is 54.3 Å². The molecule has 1 atom stereocenters. The van der Waals surface area contributed by atoms with E-state index < -0.39 is 0 Å². The zero-order chi connectivity index (χ0) is 21.2. The summed E-state index contributed by atoms with van der Waals surface area (Å²) >= 11 is 0. The lowest BCUT2D eigenvalue weighted by Gasteiger charge is -2.35. The van der Waals surface area contributed by atoms with Gasteiger partial charge in [-0.3, -0.25) is 9.69 Å². The zero-order valence-electron chi connectivity index (χ0n) is 18.3. The van der Waals surface area contributed by atoms with Crippen LogP contribution in [0, 0.1) is 0 Å². The van der Waals surface area contributed by atoms with Crippen LogP contribution < -0.4 is 4.90 Å². The number of para-hydroxylation sites is 1. The van der Waals surface area contributed by atoms with Gasteiger partial charge in [-0.05, 0) is 62.4 Å². The number of amides is 1. The molecule has 0 aliphatic carbocycles. The molecular formula is C25H31N5O. The fraction of sp³-hybridized carbons (Fsp3) is 0.480. The third-order valence-corrected chi connectivity index (χ3v) is 6.64. The molecule has 3 aromatic rings. The maximum atomic E-state index is 13.2. The molecular weight excluding hydrogens is 386 g/mol. The number of nitrogens with zero attached hydrogens (tertiary/aromatic N) is 5. The van der Waals surface area contributed by atoms with E-state index in [4.69, 9.17) is 4.98 Å². The van der Waals surface area contributed by atoms with Gasteiger partial charge in [-0.15, -0.1) is 0 Å². The Kier molecular flexibility index (Phi) is 5.72. The first-order valence-electron chi connectivity index (χ1n) is 11.7. The molecule has 2 aromatic heterocycles. The van der Waals surface area contributed by atoms with Crippen molar-refractivity contribution in [3.63, 3.8) is 0 Å². The van der Waals surface area contributed by atoms with Gasteiger partial charge in [0.05, 0.1) is 12.7 Å². The van der Waals surface area contributed by atoms with Crippen molar-refractivity contribution < 1.29 is 4.79 Å². The molecule has 0 spiro atoms. The van der Waals surface area contributed by atoms with E-state index in [0.717, 1.165) is 80.7 Å². The molecule has 162 valence electrons. The maximum absolute atomic E-state index is 13.2. The van der Waals surface area contributed by atoms with Gasteiger partial charge in [-0.1, -0.05) is 25.1 Å². The molecule has 2 aliphatic rings. The van der Waals surface area contributed by atoms with Crippen molar-refractivity contribution in [2.24, 2.45) is 0 Å². The van der Waals surface area contributed by atoms with Crippen LogP contribution in [0.5, 0.6) is 0 Å². The van der Waals surface area contributed by atoms with Crippen molar-refractivity contribution in [3.8, 4) is 0 Å². The molecule has 0 radical (unpaired) electrons. The first kappa shape index (κ1) is 20.2. The van der Waals surface area contributed by atoms with Gasteiger partial charge in [0.15, 0.2) is 5.65 Å². The van der Waals surface area contributed by atoms with E-state index in [2.05, 4.69) is 47.3 Å². The molecule has 1 unspecified atom stereocenters. The number of piperidine rings is 1. The number of likely N-dealkylation sites (tertiary alicyclic amines) is 1.